The number of nitrogens with one attached hydrogen (secondary N) is 1. The molecule has 0 spiro atoms. The van der Waals surface area contributed by atoms with Crippen LogP contribution in [0.2, 0.25) is 0 Å². The van der Waals surface area contributed by atoms with Crippen LogP contribution in [0.5, 0.6) is 0 Å². The number of hydrogen-bond acceptors (Lipinski definition) is 1. The summed E-state index contributed by atoms with van der Waals surface area (Å²) >= 11 is 0. The molecule has 0 radical (unpaired) electrons. The molecule has 162 valence electrons. The van der Waals surface area contributed by atoms with Crippen molar-refractivity contribution in [1.82, 2.24) is 0 Å². The zero-order valence-electron chi connectivity index (χ0n) is 19.5. The third-order valence-electron chi connectivity index (χ3n) is 6.23. The van der Waals surface area contributed by atoms with Gasteiger partial charge < -0.3 is 5.32 Å². The predicted molar refractivity (Wildman–Crippen MR) is 143 cm³/mol. The van der Waals surface area contributed by atoms with E-state index in [4.69, 9.17) is 0 Å². The highest BCUT2D eigenvalue weighted by atomic mass is 14.9. The lowest BCUT2D eigenvalue weighted by atomic mass is 9.85. The van der Waals surface area contributed by atoms with Crippen LogP contribution in [0.3, 0.4) is 0 Å². The van der Waals surface area contributed by atoms with Crippen molar-refractivity contribution in [1.29, 1.82) is 0 Å². The SMILES string of the molecule is CC(C)(C)c1ccccc1Nc1ccccc1-c1ccc(-c2ccccc2)c2ccccc12. The molecule has 0 atom stereocenters. The van der Waals surface area contributed by atoms with Gasteiger partial charge in [0.1, 0.15) is 0 Å². The molecule has 0 saturated carbocycles. The van der Waals surface area contributed by atoms with Gasteiger partial charge in [0.05, 0.1) is 0 Å². The average molecular weight is 428 g/mol. The normalized spacial score (nSPS) is 11.5. The molecular weight excluding hydrogens is 398 g/mol. The van der Waals surface area contributed by atoms with Crippen molar-refractivity contribution in [3.63, 3.8) is 0 Å². The molecule has 0 saturated heterocycles. The summed E-state index contributed by atoms with van der Waals surface area (Å²) in [6.45, 7) is 6.78. The Morgan fingerprint density at radius 2 is 1.00 bits per heavy atom. The molecule has 5 aromatic rings. The van der Waals surface area contributed by atoms with Gasteiger partial charge >= 0.3 is 0 Å². The van der Waals surface area contributed by atoms with Crippen LogP contribution in [-0.2, 0) is 5.41 Å². The standard InChI is InChI=1S/C32H29N/c1-32(2,3)29-18-10-12-20-31(29)33-30-19-11-9-17-28(30)27-22-21-24(23-13-5-4-6-14-23)25-15-7-8-16-26(25)27/h4-22,33H,1-3H3. The first-order valence-electron chi connectivity index (χ1n) is 11.6. The molecule has 0 heterocycles. The van der Waals surface area contributed by atoms with Gasteiger partial charge in [-0.05, 0) is 50.6 Å². The molecule has 5 aromatic carbocycles. The van der Waals surface area contributed by atoms with E-state index in [1.54, 1.807) is 0 Å². The van der Waals surface area contributed by atoms with Gasteiger partial charge in [-0.3, -0.25) is 0 Å². The molecular formula is C32H29N. The number of para-hydroxylation sites is 2. The van der Waals surface area contributed by atoms with Crippen molar-refractivity contribution < 1.29 is 0 Å². The molecule has 1 heteroatoms. The molecule has 0 aliphatic heterocycles. The Morgan fingerprint density at radius 3 is 1.73 bits per heavy atom. The fraction of sp³-hybridized carbons (Fsp3) is 0.125. The van der Waals surface area contributed by atoms with Crippen molar-refractivity contribution in [2.75, 3.05) is 5.32 Å². The molecule has 33 heavy (non-hydrogen) atoms. The van der Waals surface area contributed by atoms with Gasteiger partial charge in [0.2, 0.25) is 0 Å². The van der Waals surface area contributed by atoms with Crippen molar-refractivity contribution in [2.45, 2.75) is 26.2 Å². The first-order chi connectivity index (χ1) is 16.0. The molecule has 0 aliphatic rings. The number of rotatable bonds is 4. The Kier molecular flexibility index (Phi) is 5.48. The first-order valence-corrected chi connectivity index (χ1v) is 11.6. The van der Waals surface area contributed by atoms with E-state index in [0.29, 0.717) is 0 Å². The Bertz CT molecular complexity index is 1410. The topological polar surface area (TPSA) is 12.0 Å². The van der Waals surface area contributed by atoms with E-state index in [1.807, 2.05) is 0 Å². The second-order valence-corrected chi connectivity index (χ2v) is 9.54. The van der Waals surface area contributed by atoms with Crippen LogP contribution in [0.4, 0.5) is 11.4 Å². The minimum atomic E-state index is 0.0581. The zero-order chi connectivity index (χ0) is 22.8. The lowest BCUT2D eigenvalue weighted by molar-refractivity contribution is 0.592. The van der Waals surface area contributed by atoms with Crippen LogP contribution in [-0.4, -0.2) is 0 Å². The lowest BCUT2D eigenvalue weighted by Crippen LogP contribution is -2.13. The van der Waals surface area contributed by atoms with Gasteiger partial charge in [0, 0.05) is 16.9 Å². The van der Waals surface area contributed by atoms with Gasteiger partial charge in [0.15, 0.2) is 0 Å². The van der Waals surface area contributed by atoms with E-state index in [9.17, 15) is 0 Å². The van der Waals surface area contributed by atoms with E-state index >= 15 is 0 Å². The fourth-order valence-corrected chi connectivity index (χ4v) is 4.62. The van der Waals surface area contributed by atoms with Gasteiger partial charge in [-0.2, -0.15) is 0 Å². The van der Waals surface area contributed by atoms with E-state index in [-0.39, 0.29) is 5.41 Å². The van der Waals surface area contributed by atoms with Gasteiger partial charge in [-0.1, -0.05) is 124 Å². The smallest absolute Gasteiger partial charge is 0.0464 e. The van der Waals surface area contributed by atoms with Crippen LogP contribution < -0.4 is 5.32 Å². The number of fused-ring (bicyclic) bond motifs is 1. The molecule has 0 unspecified atom stereocenters. The Labute approximate surface area is 196 Å². The van der Waals surface area contributed by atoms with Gasteiger partial charge in [-0.15, -0.1) is 0 Å². The Hall–Kier alpha value is -3.84. The van der Waals surface area contributed by atoms with Crippen molar-refractivity contribution in [3.8, 4) is 22.3 Å². The van der Waals surface area contributed by atoms with E-state index < -0.39 is 0 Å². The van der Waals surface area contributed by atoms with E-state index in [0.717, 1.165) is 11.4 Å². The summed E-state index contributed by atoms with van der Waals surface area (Å²) in [7, 11) is 0. The first kappa shape index (κ1) is 21.0. The molecule has 0 bridgehead atoms. The minimum Gasteiger partial charge on any atom is -0.355 e. The highest BCUT2D eigenvalue weighted by molar-refractivity contribution is 6.06. The summed E-state index contributed by atoms with van der Waals surface area (Å²) < 4.78 is 0. The number of hydrogen-bond donors (Lipinski definition) is 1. The van der Waals surface area contributed by atoms with Crippen LogP contribution in [0.1, 0.15) is 26.3 Å². The van der Waals surface area contributed by atoms with Crippen LogP contribution in [0.25, 0.3) is 33.0 Å². The largest absolute Gasteiger partial charge is 0.355 e. The summed E-state index contributed by atoms with van der Waals surface area (Å²) in [5, 5.41) is 6.29. The monoisotopic (exact) mass is 427 g/mol. The third kappa shape index (κ3) is 4.15. The highest BCUT2D eigenvalue weighted by Gasteiger charge is 2.18. The van der Waals surface area contributed by atoms with Crippen molar-refractivity contribution in [2.24, 2.45) is 0 Å². The number of benzene rings is 5. The Morgan fingerprint density at radius 1 is 0.455 bits per heavy atom. The zero-order valence-corrected chi connectivity index (χ0v) is 19.5. The molecule has 0 aliphatic carbocycles. The molecule has 0 fully saturated rings. The summed E-state index contributed by atoms with van der Waals surface area (Å²) in [6.07, 6.45) is 0. The van der Waals surface area contributed by atoms with Crippen molar-refractivity contribution in [3.05, 3.63) is 121 Å². The third-order valence-corrected chi connectivity index (χ3v) is 6.23. The van der Waals surface area contributed by atoms with Crippen LogP contribution >= 0.6 is 0 Å². The maximum atomic E-state index is 3.76. The lowest BCUT2D eigenvalue weighted by Gasteiger charge is -2.24. The molecule has 0 aromatic heterocycles. The quantitative estimate of drug-likeness (QED) is 0.301. The maximum absolute atomic E-state index is 3.76. The summed E-state index contributed by atoms with van der Waals surface area (Å²) in [5.74, 6) is 0. The Balaban J connectivity index is 1.66. The molecule has 5 rings (SSSR count). The van der Waals surface area contributed by atoms with Gasteiger partial charge in [0.25, 0.3) is 0 Å². The van der Waals surface area contributed by atoms with Crippen LogP contribution in [0, 0.1) is 0 Å². The highest BCUT2D eigenvalue weighted by Crippen LogP contribution is 2.40. The summed E-state index contributed by atoms with van der Waals surface area (Å²) in [4.78, 5) is 0. The second-order valence-electron chi connectivity index (χ2n) is 9.54. The summed E-state index contributed by atoms with van der Waals surface area (Å²) in [6, 6.07) is 41.1. The second kappa shape index (κ2) is 8.60. The summed E-state index contributed by atoms with van der Waals surface area (Å²) in [5.41, 5.74) is 8.59. The molecule has 1 nitrogen and oxygen atoms in total. The minimum absolute atomic E-state index is 0.0581. The van der Waals surface area contributed by atoms with Crippen molar-refractivity contribution >= 4 is 22.1 Å². The number of anilines is 2. The van der Waals surface area contributed by atoms with E-state index in [1.165, 1.54) is 38.6 Å². The fourth-order valence-electron chi connectivity index (χ4n) is 4.62. The van der Waals surface area contributed by atoms with E-state index in [2.05, 4.69) is 141 Å². The average Bonchev–Trinajstić information content (AvgIpc) is 2.84. The van der Waals surface area contributed by atoms with Crippen LogP contribution in [0.15, 0.2) is 115 Å². The van der Waals surface area contributed by atoms with Gasteiger partial charge in [-0.25, -0.2) is 0 Å². The molecule has 1 N–H and O–H groups in total. The predicted octanol–water partition coefficient (Wildman–Crippen LogP) is 9.21. The maximum Gasteiger partial charge on any atom is 0.0464 e. The molecule has 0 amide bonds.